The first-order valence-corrected chi connectivity index (χ1v) is 4.71. The quantitative estimate of drug-likeness (QED) is 0.680. The Morgan fingerprint density at radius 1 is 1.50 bits per heavy atom. The van der Waals surface area contributed by atoms with E-state index in [4.69, 9.17) is 4.42 Å². The summed E-state index contributed by atoms with van der Waals surface area (Å²) >= 11 is 0. The molecule has 0 saturated carbocycles. The van der Waals surface area contributed by atoms with Gasteiger partial charge in [-0.1, -0.05) is 0 Å². The SMILES string of the molecule is CC(C)N1CN(C)c2occc2C1=O. The third-order valence-electron chi connectivity index (χ3n) is 2.47. The van der Waals surface area contributed by atoms with E-state index in [9.17, 15) is 4.79 Å². The van der Waals surface area contributed by atoms with E-state index in [0.29, 0.717) is 18.1 Å². The van der Waals surface area contributed by atoms with Crippen LogP contribution in [0.5, 0.6) is 0 Å². The number of furan rings is 1. The highest BCUT2D eigenvalue weighted by molar-refractivity contribution is 6.00. The Morgan fingerprint density at radius 3 is 2.86 bits per heavy atom. The average molecular weight is 194 g/mol. The van der Waals surface area contributed by atoms with E-state index < -0.39 is 0 Å². The minimum atomic E-state index is 0.0573. The molecule has 0 radical (unpaired) electrons. The second kappa shape index (κ2) is 3.04. The summed E-state index contributed by atoms with van der Waals surface area (Å²) in [4.78, 5) is 15.7. The normalized spacial score (nSPS) is 16.4. The molecule has 0 atom stereocenters. The summed E-state index contributed by atoms with van der Waals surface area (Å²) < 4.78 is 5.25. The van der Waals surface area contributed by atoms with E-state index in [2.05, 4.69) is 0 Å². The number of rotatable bonds is 1. The molecule has 1 aromatic rings. The lowest BCUT2D eigenvalue weighted by Gasteiger charge is -2.35. The zero-order chi connectivity index (χ0) is 10.3. The van der Waals surface area contributed by atoms with Crippen LogP contribution in [-0.4, -0.2) is 30.6 Å². The van der Waals surface area contributed by atoms with Crippen LogP contribution in [0.3, 0.4) is 0 Å². The molecular formula is C10H14N2O2. The van der Waals surface area contributed by atoms with Crippen molar-refractivity contribution >= 4 is 11.8 Å². The maximum absolute atomic E-state index is 11.9. The van der Waals surface area contributed by atoms with Gasteiger partial charge < -0.3 is 14.2 Å². The van der Waals surface area contributed by atoms with Crippen molar-refractivity contribution in [3.8, 4) is 0 Å². The van der Waals surface area contributed by atoms with E-state index in [1.807, 2.05) is 30.7 Å². The predicted molar refractivity (Wildman–Crippen MR) is 53.3 cm³/mol. The highest BCUT2D eigenvalue weighted by atomic mass is 16.3. The van der Waals surface area contributed by atoms with Crippen molar-refractivity contribution in [2.45, 2.75) is 19.9 Å². The zero-order valence-corrected chi connectivity index (χ0v) is 8.65. The van der Waals surface area contributed by atoms with Gasteiger partial charge in [-0.3, -0.25) is 4.79 Å². The molecule has 0 N–H and O–H groups in total. The van der Waals surface area contributed by atoms with Crippen LogP contribution in [0.15, 0.2) is 16.7 Å². The minimum Gasteiger partial charge on any atom is -0.448 e. The predicted octanol–water partition coefficient (Wildman–Crippen LogP) is 1.54. The molecule has 0 aliphatic carbocycles. The van der Waals surface area contributed by atoms with Gasteiger partial charge in [0, 0.05) is 13.1 Å². The number of fused-ring (bicyclic) bond motifs is 1. The van der Waals surface area contributed by atoms with Crippen LogP contribution >= 0.6 is 0 Å². The summed E-state index contributed by atoms with van der Waals surface area (Å²) in [5.41, 5.74) is 0.660. The molecule has 1 aromatic heterocycles. The van der Waals surface area contributed by atoms with E-state index in [1.54, 1.807) is 12.3 Å². The largest absolute Gasteiger partial charge is 0.448 e. The number of carbonyl (C=O) groups excluding carboxylic acids is 1. The third-order valence-corrected chi connectivity index (χ3v) is 2.47. The van der Waals surface area contributed by atoms with E-state index in [0.717, 1.165) is 0 Å². The highest BCUT2D eigenvalue weighted by Crippen LogP contribution is 2.27. The van der Waals surface area contributed by atoms with Gasteiger partial charge in [0.15, 0.2) is 0 Å². The fourth-order valence-electron chi connectivity index (χ4n) is 1.67. The average Bonchev–Trinajstić information content (AvgIpc) is 2.59. The van der Waals surface area contributed by atoms with Gasteiger partial charge in [-0.25, -0.2) is 0 Å². The van der Waals surface area contributed by atoms with Gasteiger partial charge in [-0.05, 0) is 19.9 Å². The van der Waals surface area contributed by atoms with Crippen LogP contribution in [-0.2, 0) is 0 Å². The number of carbonyl (C=O) groups is 1. The molecule has 1 amide bonds. The fourth-order valence-corrected chi connectivity index (χ4v) is 1.67. The Balaban J connectivity index is 2.39. The van der Waals surface area contributed by atoms with Gasteiger partial charge in [0.2, 0.25) is 5.88 Å². The molecule has 2 rings (SSSR count). The Hall–Kier alpha value is -1.45. The topological polar surface area (TPSA) is 36.7 Å². The maximum atomic E-state index is 11.9. The molecule has 1 aliphatic rings. The molecule has 76 valence electrons. The van der Waals surface area contributed by atoms with Crippen molar-refractivity contribution < 1.29 is 9.21 Å². The van der Waals surface area contributed by atoms with Crippen molar-refractivity contribution in [1.82, 2.24) is 4.90 Å². The smallest absolute Gasteiger partial charge is 0.261 e. The Bertz CT molecular complexity index is 357. The first-order valence-electron chi connectivity index (χ1n) is 4.71. The Morgan fingerprint density at radius 2 is 2.21 bits per heavy atom. The minimum absolute atomic E-state index is 0.0573. The molecule has 14 heavy (non-hydrogen) atoms. The van der Waals surface area contributed by atoms with Crippen LogP contribution in [0.25, 0.3) is 0 Å². The molecule has 0 spiro atoms. The molecule has 0 bridgehead atoms. The summed E-state index contributed by atoms with van der Waals surface area (Å²) in [6.07, 6.45) is 1.56. The second-order valence-corrected chi connectivity index (χ2v) is 3.85. The van der Waals surface area contributed by atoms with Crippen molar-refractivity contribution in [2.24, 2.45) is 0 Å². The fraction of sp³-hybridized carbons (Fsp3) is 0.500. The molecule has 0 fully saturated rings. The van der Waals surface area contributed by atoms with Gasteiger partial charge in [0.1, 0.15) is 5.56 Å². The van der Waals surface area contributed by atoms with Crippen molar-refractivity contribution in [3.05, 3.63) is 17.9 Å². The number of nitrogens with zero attached hydrogens (tertiary/aromatic N) is 2. The van der Waals surface area contributed by atoms with Gasteiger partial charge in [0.25, 0.3) is 5.91 Å². The summed E-state index contributed by atoms with van der Waals surface area (Å²) in [7, 11) is 1.92. The molecule has 2 heterocycles. The van der Waals surface area contributed by atoms with E-state index in [-0.39, 0.29) is 11.9 Å². The first-order chi connectivity index (χ1) is 6.61. The Labute approximate surface area is 83.1 Å². The molecule has 0 unspecified atom stereocenters. The number of anilines is 1. The van der Waals surface area contributed by atoms with Crippen molar-refractivity contribution in [3.63, 3.8) is 0 Å². The monoisotopic (exact) mass is 194 g/mol. The van der Waals surface area contributed by atoms with Crippen LogP contribution in [0, 0.1) is 0 Å². The summed E-state index contributed by atoms with van der Waals surface area (Å²) in [5, 5.41) is 0. The summed E-state index contributed by atoms with van der Waals surface area (Å²) in [6, 6.07) is 1.94. The van der Waals surface area contributed by atoms with Gasteiger partial charge >= 0.3 is 0 Å². The van der Waals surface area contributed by atoms with Gasteiger partial charge in [-0.15, -0.1) is 0 Å². The number of hydrogen-bond acceptors (Lipinski definition) is 3. The van der Waals surface area contributed by atoms with Gasteiger partial charge in [0.05, 0.1) is 12.9 Å². The maximum Gasteiger partial charge on any atom is 0.261 e. The third kappa shape index (κ3) is 1.18. The molecule has 4 heteroatoms. The van der Waals surface area contributed by atoms with Crippen molar-refractivity contribution in [2.75, 3.05) is 18.6 Å². The zero-order valence-electron chi connectivity index (χ0n) is 8.65. The van der Waals surface area contributed by atoms with Crippen LogP contribution < -0.4 is 4.90 Å². The molecule has 4 nitrogen and oxygen atoms in total. The van der Waals surface area contributed by atoms with Crippen LogP contribution in [0.1, 0.15) is 24.2 Å². The highest BCUT2D eigenvalue weighted by Gasteiger charge is 2.31. The lowest BCUT2D eigenvalue weighted by Crippen LogP contribution is -2.47. The van der Waals surface area contributed by atoms with Crippen molar-refractivity contribution in [1.29, 1.82) is 0 Å². The lowest BCUT2D eigenvalue weighted by atomic mass is 10.2. The number of amides is 1. The lowest BCUT2D eigenvalue weighted by molar-refractivity contribution is 0.0689. The second-order valence-electron chi connectivity index (χ2n) is 3.85. The summed E-state index contributed by atoms with van der Waals surface area (Å²) in [6.45, 7) is 4.62. The van der Waals surface area contributed by atoms with E-state index in [1.165, 1.54) is 0 Å². The van der Waals surface area contributed by atoms with Gasteiger partial charge in [-0.2, -0.15) is 0 Å². The standard InChI is InChI=1S/C10H14N2O2/c1-7(2)12-6-11(3)10-8(9(12)13)4-5-14-10/h4-5,7H,6H2,1-3H3. The Kier molecular flexibility index (Phi) is 1.98. The van der Waals surface area contributed by atoms with Crippen LogP contribution in [0.4, 0.5) is 5.88 Å². The molecular weight excluding hydrogens is 180 g/mol. The van der Waals surface area contributed by atoms with Crippen LogP contribution in [0.2, 0.25) is 0 Å². The summed E-state index contributed by atoms with van der Waals surface area (Å²) in [5.74, 6) is 0.730. The molecule has 0 saturated heterocycles. The van der Waals surface area contributed by atoms with E-state index >= 15 is 0 Å². The number of hydrogen-bond donors (Lipinski definition) is 0. The molecule has 0 aromatic carbocycles. The first kappa shape index (κ1) is 9.12. The molecule has 1 aliphatic heterocycles.